The standard InChI is InChI=1S/C24H38N6/c1-4-14-29-15-11-19(12-16-29)10-13-25-24-26-17-22-23(27-24)30(21-8-6-7-9-21)20(5-2)18-28(22)3/h1,17,19-21H,5-16,18H2,2-3H3,(H,25,26,27). The summed E-state index contributed by atoms with van der Waals surface area (Å²) in [5, 5.41) is 3.52. The Hall–Kier alpha value is -2.00. The number of rotatable bonds is 7. The van der Waals surface area contributed by atoms with Crippen molar-refractivity contribution in [2.45, 2.75) is 70.4 Å². The van der Waals surface area contributed by atoms with Gasteiger partial charge in [-0.25, -0.2) is 4.98 Å². The largest absolute Gasteiger partial charge is 0.368 e. The Morgan fingerprint density at radius 3 is 2.67 bits per heavy atom. The van der Waals surface area contributed by atoms with Crippen LogP contribution < -0.4 is 15.1 Å². The molecule has 0 radical (unpaired) electrons. The minimum atomic E-state index is 0.543. The van der Waals surface area contributed by atoms with E-state index in [2.05, 4.69) is 44.9 Å². The van der Waals surface area contributed by atoms with Crippen LogP contribution in [0.3, 0.4) is 0 Å². The van der Waals surface area contributed by atoms with Crippen LogP contribution in [-0.2, 0) is 0 Å². The number of fused-ring (bicyclic) bond motifs is 1. The lowest BCUT2D eigenvalue weighted by atomic mass is 9.93. The lowest BCUT2D eigenvalue weighted by molar-refractivity contribution is 0.199. The molecular weight excluding hydrogens is 372 g/mol. The molecule has 1 saturated carbocycles. The van der Waals surface area contributed by atoms with Gasteiger partial charge in [-0.2, -0.15) is 4.98 Å². The van der Waals surface area contributed by atoms with Crippen LogP contribution in [0.1, 0.15) is 58.3 Å². The number of likely N-dealkylation sites (N-methyl/N-ethyl adjacent to an activating group) is 1. The van der Waals surface area contributed by atoms with Crippen LogP contribution >= 0.6 is 0 Å². The van der Waals surface area contributed by atoms with Crippen LogP contribution in [0.5, 0.6) is 0 Å². The van der Waals surface area contributed by atoms with Crippen molar-refractivity contribution in [3.8, 4) is 12.3 Å². The minimum Gasteiger partial charge on any atom is -0.368 e. The van der Waals surface area contributed by atoms with E-state index in [-0.39, 0.29) is 0 Å². The summed E-state index contributed by atoms with van der Waals surface area (Å²) in [5.74, 6) is 5.46. The topological polar surface area (TPSA) is 47.5 Å². The molecule has 0 bridgehead atoms. The molecule has 6 heteroatoms. The molecule has 164 valence electrons. The number of nitrogens with one attached hydrogen (secondary N) is 1. The molecule has 30 heavy (non-hydrogen) atoms. The van der Waals surface area contributed by atoms with Gasteiger partial charge in [0.15, 0.2) is 5.82 Å². The molecule has 3 aliphatic rings. The Morgan fingerprint density at radius 1 is 1.20 bits per heavy atom. The van der Waals surface area contributed by atoms with Crippen LogP contribution in [0.4, 0.5) is 17.5 Å². The third-order valence-electron chi connectivity index (χ3n) is 7.33. The fraction of sp³-hybridized carbons (Fsp3) is 0.750. The highest BCUT2D eigenvalue weighted by molar-refractivity contribution is 5.71. The van der Waals surface area contributed by atoms with Gasteiger partial charge in [0.25, 0.3) is 0 Å². The number of likely N-dealkylation sites (tertiary alicyclic amines) is 1. The summed E-state index contributed by atoms with van der Waals surface area (Å²) in [4.78, 5) is 17.0. The van der Waals surface area contributed by atoms with Crippen molar-refractivity contribution >= 4 is 17.5 Å². The maximum Gasteiger partial charge on any atom is 0.224 e. The molecule has 1 saturated heterocycles. The van der Waals surface area contributed by atoms with Crippen molar-refractivity contribution in [1.29, 1.82) is 0 Å². The van der Waals surface area contributed by atoms with Crippen molar-refractivity contribution in [2.24, 2.45) is 5.92 Å². The van der Waals surface area contributed by atoms with Gasteiger partial charge in [-0.3, -0.25) is 4.90 Å². The van der Waals surface area contributed by atoms with E-state index in [1.807, 2.05) is 6.20 Å². The second-order valence-corrected chi connectivity index (χ2v) is 9.33. The van der Waals surface area contributed by atoms with E-state index >= 15 is 0 Å². The average molecular weight is 411 g/mol. The second kappa shape index (κ2) is 9.87. The summed E-state index contributed by atoms with van der Waals surface area (Å²) in [6.45, 7) is 7.36. The van der Waals surface area contributed by atoms with Crippen molar-refractivity contribution in [3.05, 3.63) is 6.20 Å². The molecule has 1 N–H and O–H groups in total. The number of hydrogen-bond donors (Lipinski definition) is 1. The molecule has 2 fully saturated rings. The van der Waals surface area contributed by atoms with Gasteiger partial charge in [0.1, 0.15) is 0 Å². The van der Waals surface area contributed by atoms with Gasteiger partial charge in [0.05, 0.1) is 18.4 Å². The summed E-state index contributed by atoms with van der Waals surface area (Å²) < 4.78 is 0. The predicted octanol–water partition coefficient (Wildman–Crippen LogP) is 3.60. The summed E-state index contributed by atoms with van der Waals surface area (Å²) in [5.41, 5.74) is 1.18. The van der Waals surface area contributed by atoms with E-state index < -0.39 is 0 Å². The summed E-state index contributed by atoms with van der Waals surface area (Å²) in [6, 6.07) is 1.18. The Balaban J connectivity index is 1.39. The minimum absolute atomic E-state index is 0.543. The predicted molar refractivity (Wildman–Crippen MR) is 125 cm³/mol. The maximum atomic E-state index is 5.44. The lowest BCUT2D eigenvalue weighted by Gasteiger charge is -2.45. The van der Waals surface area contributed by atoms with Gasteiger partial charge in [0.2, 0.25) is 5.95 Å². The number of nitrogens with zero attached hydrogens (tertiary/aromatic N) is 5. The molecule has 0 aromatic carbocycles. The van der Waals surface area contributed by atoms with Crippen molar-refractivity contribution in [1.82, 2.24) is 14.9 Å². The first kappa shape index (κ1) is 21.2. The molecule has 2 aliphatic heterocycles. The zero-order valence-electron chi connectivity index (χ0n) is 18.8. The van der Waals surface area contributed by atoms with Gasteiger partial charge in [-0.1, -0.05) is 25.7 Å². The van der Waals surface area contributed by atoms with E-state index in [0.717, 1.165) is 56.8 Å². The maximum absolute atomic E-state index is 5.44. The van der Waals surface area contributed by atoms with Crippen molar-refractivity contribution in [3.63, 3.8) is 0 Å². The first-order valence-electron chi connectivity index (χ1n) is 12.0. The molecule has 1 aliphatic carbocycles. The van der Waals surface area contributed by atoms with E-state index in [0.29, 0.717) is 12.1 Å². The fourth-order valence-electron chi connectivity index (χ4n) is 5.52. The summed E-state index contributed by atoms with van der Waals surface area (Å²) >= 11 is 0. The average Bonchev–Trinajstić information content (AvgIpc) is 3.29. The molecule has 6 nitrogen and oxygen atoms in total. The van der Waals surface area contributed by atoms with Gasteiger partial charge in [0, 0.05) is 32.2 Å². The van der Waals surface area contributed by atoms with E-state index in [1.165, 1.54) is 50.6 Å². The Morgan fingerprint density at radius 2 is 1.97 bits per heavy atom. The van der Waals surface area contributed by atoms with E-state index in [4.69, 9.17) is 11.4 Å². The van der Waals surface area contributed by atoms with Crippen LogP contribution in [-0.4, -0.2) is 66.7 Å². The SMILES string of the molecule is C#CCN1CCC(CCNc2ncc3c(n2)N(C2CCCC2)C(CC)CN3C)CC1. The molecule has 1 aromatic rings. The van der Waals surface area contributed by atoms with Crippen LogP contribution in [0.15, 0.2) is 6.20 Å². The zero-order valence-corrected chi connectivity index (χ0v) is 18.8. The molecule has 1 atom stereocenters. The summed E-state index contributed by atoms with van der Waals surface area (Å²) in [6.07, 6.45) is 17.6. The third-order valence-corrected chi connectivity index (χ3v) is 7.33. The zero-order chi connectivity index (χ0) is 20.9. The third kappa shape index (κ3) is 4.67. The van der Waals surface area contributed by atoms with E-state index in [9.17, 15) is 0 Å². The number of aromatic nitrogens is 2. The number of piperidine rings is 1. The molecular formula is C24H38N6. The highest BCUT2D eigenvalue weighted by Gasteiger charge is 2.35. The molecule has 0 amide bonds. The Labute approximate surface area is 182 Å². The quantitative estimate of drug-likeness (QED) is 0.693. The van der Waals surface area contributed by atoms with Crippen molar-refractivity contribution < 1.29 is 0 Å². The number of hydrogen-bond acceptors (Lipinski definition) is 6. The van der Waals surface area contributed by atoms with Gasteiger partial charge in [-0.05, 0) is 57.5 Å². The molecule has 0 spiro atoms. The summed E-state index contributed by atoms with van der Waals surface area (Å²) in [7, 11) is 2.18. The monoisotopic (exact) mass is 410 g/mol. The number of anilines is 3. The van der Waals surface area contributed by atoms with Crippen LogP contribution in [0.25, 0.3) is 0 Å². The lowest BCUT2D eigenvalue weighted by Crippen LogP contribution is -2.52. The molecule has 1 unspecified atom stereocenters. The van der Waals surface area contributed by atoms with Crippen molar-refractivity contribution in [2.75, 3.05) is 54.9 Å². The normalized spacial score (nSPS) is 23.4. The first-order valence-corrected chi connectivity index (χ1v) is 12.0. The number of terminal acetylenes is 1. The molecule has 1 aromatic heterocycles. The molecule has 3 heterocycles. The fourth-order valence-corrected chi connectivity index (χ4v) is 5.52. The van der Waals surface area contributed by atoms with Crippen LogP contribution in [0.2, 0.25) is 0 Å². The Kier molecular flexibility index (Phi) is 6.99. The van der Waals surface area contributed by atoms with Crippen LogP contribution in [0, 0.1) is 18.3 Å². The van der Waals surface area contributed by atoms with Gasteiger partial charge < -0.3 is 15.1 Å². The molecule has 4 rings (SSSR count). The second-order valence-electron chi connectivity index (χ2n) is 9.33. The smallest absolute Gasteiger partial charge is 0.224 e. The van der Waals surface area contributed by atoms with Gasteiger partial charge >= 0.3 is 0 Å². The van der Waals surface area contributed by atoms with E-state index in [1.54, 1.807) is 0 Å². The highest BCUT2D eigenvalue weighted by Crippen LogP contribution is 2.39. The first-order chi connectivity index (χ1) is 14.7. The van der Waals surface area contributed by atoms with Gasteiger partial charge in [-0.15, -0.1) is 6.42 Å². The highest BCUT2D eigenvalue weighted by atomic mass is 15.3. The Bertz CT molecular complexity index is 730.